The second kappa shape index (κ2) is 3.75. The summed E-state index contributed by atoms with van der Waals surface area (Å²) in [4.78, 5) is 0. The van der Waals surface area contributed by atoms with Crippen LogP contribution >= 0.6 is 0 Å². The molecule has 0 aromatic carbocycles. The van der Waals surface area contributed by atoms with Gasteiger partial charge in [-0.3, -0.25) is 0 Å². The van der Waals surface area contributed by atoms with Crippen molar-refractivity contribution in [2.45, 2.75) is 50.7 Å². The summed E-state index contributed by atoms with van der Waals surface area (Å²) in [5.74, 6) is 0.528. The zero-order chi connectivity index (χ0) is 8.39. The van der Waals surface area contributed by atoms with Crippen molar-refractivity contribution in [2.24, 2.45) is 5.92 Å². The summed E-state index contributed by atoms with van der Waals surface area (Å²) in [5, 5.41) is 9.77. The number of epoxide rings is 1. The molecule has 1 N–H and O–H groups in total. The standard InChI is InChI=1S/C10H18O2/c11-10-5-3-1-2-4-8(10)6-9-7-12-9/h8-11H,1-7H2. The number of aliphatic hydroxyl groups excluding tert-OH is 1. The fourth-order valence-electron chi connectivity index (χ4n) is 2.18. The Morgan fingerprint density at radius 2 is 1.92 bits per heavy atom. The predicted molar refractivity (Wildman–Crippen MR) is 46.9 cm³/mol. The quantitative estimate of drug-likeness (QED) is 0.505. The zero-order valence-corrected chi connectivity index (χ0v) is 7.54. The highest BCUT2D eigenvalue weighted by molar-refractivity contribution is 4.80. The molecule has 2 rings (SSSR count). The summed E-state index contributed by atoms with van der Waals surface area (Å²) in [7, 11) is 0. The Balaban J connectivity index is 1.81. The Morgan fingerprint density at radius 1 is 1.17 bits per heavy atom. The fraction of sp³-hybridized carbons (Fsp3) is 1.00. The first-order valence-corrected chi connectivity index (χ1v) is 5.16. The van der Waals surface area contributed by atoms with E-state index in [1.165, 1.54) is 25.7 Å². The lowest BCUT2D eigenvalue weighted by Crippen LogP contribution is -2.20. The Bertz CT molecular complexity index is 143. The maximum atomic E-state index is 9.77. The Hall–Kier alpha value is -0.0800. The molecule has 1 heterocycles. The molecule has 3 atom stereocenters. The van der Waals surface area contributed by atoms with E-state index in [2.05, 4.69) is 0 Å². The van der Waals surface area contributed by atoms with Crippen LogP contribution in [0.5, 0.6) is 0 Å². The number of hydrogen-bond donors (Lipinski definition) is 1. The van der Waals surface area contributed by atoms with Gasteiger partial charge in [-0.15, -0.1) is 0 Å². The van der Waals surface area contributed by atoms with E-state index in [4.69, 9.17) is 4.74 Å². The third-order valence-electron chi connectivity index (χ3n) is 3.09. The number of aliphatic hydroxyl groups is 1. The summed E-state index contributed by atoms with van der Waals surface area (Å²) >= 11 is 0. The van der Waals surface area contributed by atoms with Crippen LogP contribution in [0.15, 0.2) is 0 Å². The minimum atomic E-state index is -0.0447. The van der Waals surface area contributed by atoms with Crippen LogP contribution in [0.4, 0.5) is 0 Å². The smallest absolute Gasteiger partial charge is 0.0813 e. The van der Waals surface area contributed by atoms with Gasteiger partial charge in [0.1, 0.15) is 0 Å². The summed E-state index contributed by atoms with van der Waals surface area (Å²) in [6, 6.07) is 0. The van der Waals surface area contributed by atoms with E-state index in [0.29, 0.717) is 12.0 Å². The van der Waals surface area contributed by atoms with Gasteiger partial charge in [0.05, 0.1) is 18.8 Å². The average molecular weight is 170 g/mol. The molecule has 1 aliphatic carbocycles. The molecule has 1 saturated carbocycles. The van der Waals surface area contributed by atoms with Gasteiger partial charge in [0.25, 0.3) is 0 Å². The van der Waals surface area contributed by atoms with Gasteiger partial charge in [-0.2, -0.15) is 0 Å². The number of hydrogen-bond acceptors (Lipinski definition) is 2. The molecule has 70 valence electrons. The molecule has 0 spiro atoms. The summed E-state index contributed by atoms with van der Waals surface area (Å²) < 4.78 is 5.19. The minimum Gasteiger partial charge on any atom is -0.393 e. The average Bonchev–Trinajstić information content (AvgIpc) is 2.84. The van der Waals surface area contributed by atoms with E-state index in [9.17, 15) is 5.11 Å². The molecule has 2 heteroatoms. The Kier molecular flexibility index (Phi) is 2.66. The number of rotatable bonds is 2. The van der Waals surface area contributed by atoms with E-state index in [1.54, 1.807) is 0 Å². The van der Waals surface area contributed by atoms with Gasteiger partial charge in [-0.1, -0.05) is 19.3 Å². The van der Waals surface area contributed by atoms with Crippen molar-refractivity contribution in [1.82, 2.24) is 0 Å². The fourth-order valence-corrected chi connectivity index (χ4v) is 2.18. The molecule has 12 heavy (non-hydrogen) atoms. The maximum absolute atomic E-state index is 9.77. The molecule has 1 aliphatic heterocycles. The lowest BCUT2D eigenvalue weighted by atomic mass is 9.92. The van der Waals surface area contributed by atoms with Gasteiger partial charge in [0, 0.05) is 0 Å². The highest BCUT2D eigenvalue weighted by Crippen LogP contribution is 2.30. The summed E-state index contributed by atoms with van der Waals surface area (Å²) in [5.41, 5.74) is 0. The van der Waals surface area contributed by atoms with Gasteiger partial charge in [-0.25, -0.2) is 0 Å². The molecule has 3 unspecified atom stereocenters. The van der Waals surface area contributed by atoms with Crippen molar-refractivity contribution in [3.8, 4) is 0 Å². The first-order chi connectivity index (χ1) is 5.86. The van der Waals surface area contributed by atoms with Crippen LogP contribution in [-0.4, -0.2) is 23.9 Å². The largest absolute Gasteiger partial charge is 0.393 e. The van der Waals surface area contributed by atoms with Crippen molar-refractivity contribution in [2.75, 3.05) is 6.61 Å². The molecule has 1 saturated heterocycles. The zero-order valence-electron chi connectivity index (χ0n) is 7.54. The lowest BCUT2D eigenvalue weighted by Gasteiger charge is -2.18. The van der Waals surface area contributed by atoms with Gasteiger partial charge in [0.2, 0.25) is 0 Å². The Labute approximate surface area is 73.9 Å². The molecule has 0 radical (unpaired) electrons. The van der Waals surface area contributed by atoms with Crippen molar-refractivity contribution in [1.29, 1.82) is 0 Å². The number of ether oxygens (including phenoxy) is 1. The Morgan fingerprint density at radius 3 is 2.67 bits per heavy atom. The van der Waals surface area contributed by atoms with Crippen LogP contribution < -0.4 is 0 Å². The molecular formula is C10H18O2. The SMILES string of the molecule is OC1CCCCCC1CC1CO1. The third-order valence-corrected chi connectivity index (χ3v) is 3.09. The van der Waals surface area contributed by atoms with Crippen molar-refractivity contribution >= 4 is 0 Å². The van der Waals surface area contributed by atoms with E-state index >= 15 is 0 Å². The van der Waals surface area contributed by atoms with E-state index in [-0.39, 0.29) is 6.10 Å². The minimum absolute atomic E-state index is 0.0447. The summed E-state index contributed by atoms with van der Waals surface area (Å²) in [6.07, 6.45) is 7.58. The predicted octanol–water partition coefficient (Wildman–Crippen LogP) is 1.72. The third kappa shape index (κ3) is 2.20. The monoisotopic (exact) mass is 170 g/mol. The van der Waals surface area contributed by atoms with Crippen molar-refractivity contribution in [3.63, 3.8) is 0 Å². The van der Waals surface area contributed by atoms with Gasteiger partial charge in [0.15, 0.2) is 0 Å². The van der Waals surface area contributed by atoms with E-state index in [1.807, 2.05) is 0 Å². The van der Waals surface area contributed by atoms with Crippen LogP contribution in [0.25, 0.3) is 0 Å². The molecule has 2 fully saturated rings. The van der Waals surface area contributed by atoms with Crippen LogP contribution in [0.3, 0.4) is 0 Å². The van der Waals surface area contributed by atoms with Crippen LogP contribution in [-0.2, 0) is 4.74 Å². The molecule has 0 aromatic heterocycles. The van der Waals surface area contributed by atoms with E-state index < -0.39 is 0 Å². The van der Waals surface area contributed by atoms with Gasteiger partial charge in [-0.05, 0) is 25.2 Å². The first-order valence-electron chi connectivity index (χ1n) is 5.16. The molecule has 2 aliphatic rings. The normalized spacial score (nSPS) is 42.2. The second-order valence-electron chi connectivity index (χ2n) is 4.16. The molecule has 0 amide bonds. The van der Waals surface area contributed by atoms with Crippen molar-refractivity contribution in [3.05, 3.63) is 0 Å². The highest BCUT2D eigenvalue weighted by atomic mass is 16.6. The van der Waals surface area contributed by atoms with E-state index in [0.717, 1.165) is 19.4 Å². The molecule has 0 bridgehead atoms. The lowest BCUT2D eigenvalue weighted by molar-refractivity contribution is 0.0908. The molecule has 2 nitrogen and oxygen atoms in total. The van der Waals surface area contributed by atoms with Crippen molar-refractivity contribution < 1.29 is 9.84 Å². The summed E-state index contributed by atoms with van der Waals surface area (Å²) in [6.45, 7) is 0.934. The topological polar surface area (TPSA) is 32.8 Å². The first kappa shape index (κ1) is 8.52. The van der Waals surface area contributed by atoms with Gasteiger partial charge >= 0.3 is 0 Å². The van der Waals surface area contributed by atoms with Gasteiger partial charge < -0.3 is 9.84 Å². The van der Waals surface area contributed by atoms with Crippen LogP contribution in [0, 0.1) is 5.92 Å². The van der Waals surface area contributed by atoms with Crippen LogP contribution in [0.2, 0.25) is 0 Å². The maximum Gasteiger partial charge on any atom is 0.0813 e. The molecular weight excluding hydrogens is 152 g/mol. The van der Waals surface area contributed by atoms with Crippen LogP contribution in [0.1, 0.15) is 38.5 Å². The molecule has 0 aromatic rings. The second-order valence-corrected chi connectivity index (χ2v) is 4.16. The highest BCUT2D eigenvalue weighted by Gasteiger charge is 2.30.